The zero-order chi connectivity index (χ0) is 18.7. The number of aromatic nitrogens is 3. The highest BCUT2D eigenvalue weighted by Gasteiger charge is 2.22. The molecule has 0 aliphatic heterocycles. The second-order valence-corrected chi connectivity index (χ2v) is 6.17. The summed E-state index contributed by atoms with van der Waals surface area (Å²) in [4.78, 5) is 29.8. The van der Waals surface area contributed by atoms with Crippen molar-refractivity contribution in [2.24, 2.45) is 0 Å². The van der Waals surface area contributed by atoms with Crippen molar-refractivity contribution in [2.75, 3.05) is 13.1 Å². The van der Waals surface area contributed by atoms with Crippen molar-refractivity contribution in [3.8, 4) is 0 Å². The molecule has 0 aliphatic carbocycles. The van der Waals surface area contributed by atoms with E-state index in [2.05, 4.69) is 10.1 Å². The van der Waals surface area contributed by atoms with E-state index in [0.29, 0.717) is 29.9 Å². The Morgan fingerprint density at radius 1 is 1.19 bits per heavy atom. The van der Waals surface area contributed by atoms with Gasteiger partial charge in [-0.1, -0.05) is 30.3 Å². The van der Waals surface area contributed by atoms with Crippen LogP contribution in [0.5, 0.6) is 0 Å². The Balaban J connectivity index is 1.87. The molecule has 0 atom stereocenters. The van der Waals surface area contributed by atoms with Gasteiger partial charge in [0.2, 0.25) is 0 Å². The lowest BCUT2D eigenvalue weighted by atomic mass is 10.1. The van der Waals surface area contributed by atoms with Crippen LogP contribution in [0.15, 0.2) is 42.6 Å². The van der Waals surface area contributed by atoms with Crippen molar-refractivity contribution in [3.63, 3.8) is 0 Å². The molecule has 0 spiro atoms. The Morgan fingerprint density at radius 3 is 2.62 bits per heavy atom. The normalized spacial score (nSPS) is 10.8. The molecule has 1 N–H and O–H groups in total. The lowest BCUT2D eigenvalue weighted by Gasteiger charge is -2.21. The average Bonchev–Trinajstić information content (AvgIpc) is 3.00. The van der Waals surface area contributed by atoms with E-state index < -0.39 is 5.97 Å². The van der Waals surface area contributed by atoms with E-state index in [1.165, 1.54) is 11.1 Å². The molecule has 1 aromatic carbocycles. The number of carboxylic acid groups (broad SMARTS) is 1. The molecular weight excluding hydrogens is 332 g/mol. The van der Waals surface area contributed by atoms with Crippen LogP contribution in [0, 0.1) is 13.8 Å². The van der Waals surface area contributed by atoms with Gasteiger partial charge in [-0.25, -0.2) is 9.50 Å². The highest BCUT2D eigenvalue weighted by molar-refractivity contribution is 5.96. The maximum atomic E-state index is 13.0. The average molecular weight is 352 g/mol. The van der Waals surface area contributed by atoms with Gasteiger partial charge in [0.05, 0.1) is 17.0 Å². The number of benzene rings is 1. The maximum absolute atomic E-state index is 13.0. The van der Waals surface area contributed by atoms with E-state index in [-0.39, 0.29) is 12.5 Å². The molecule has 26 heavy (non-hydrogen) atoms. The number of aryl methyl sites for hydroxylation is 2. The molecule has 0 bridgehead atoms. The van der Waals surface area contributed by atoms with E-state index >= 15 is 0 Å². The topological polar surface area (TPSA) is 87.8 Å². The molecule has 7 nitrogen and oxygen atoms in total. The van der Waals surface area contributed by atoms with Crippen molar-refractivity contribution in [3.05, 3.63) is 65.1 Å². The minimum atomic E-state index is -1.05. The number of hydrogen-bond acceptors (Lipinski definition) is 4. The Bertz CT molecular complexity index is 950. The van der Waals surface area contributed by atoms with E-state index in [1.807, 2.05) is 43.3 Å². The fraction of sp³-hybridized carbons (Fsp3) is 0.263. The Morgan fingerprint density at radius 2 is 1.92 bits per heavy atom. The lowest BCUT2D eigenvalue weighted by Crippen LogP contribution is -2.38. The summed E-state index contributed by atoms with van der Waals surface area (Å²) in [5.74, 6) is -1.41. The number of carbonyl (C=O) groups is 2. The molecule has 0 unspecified atom stereocenters. The van der Waals surface area contributed by atoms with E-state index in [4.69, 9.17) is 0 Å². The minimum Gasteiger partial charge on any atom is -0.480 e. The van der Waals surface area contributed by atoms with Crippen LogP contribution in [0.25, 0.3) is 5.65 Å². The van der Waals surface area contributed by atoms with Crippen LogP contribution in [0.2, 0.25) is 0 Å². The van der Waals surface area contributed by atoms with Crippen LogP contribution < -0.4 is 0 Å². The molecule has 2 heterocycles. The van der Waals surface area contributed by atoms with E-state index in [9.17, 15) is 14.7 Å². The third-order valence-electron chi connectivity index (χ3n) is 4.20. The Hall–Kier alpha value is -3.22. The number of hydrogen-bond donors (Lipinski definition) is 1. The first-order chi connectivity index (χ1) is 12.5. The van der Waals surface area contributed by atoms with Crippen LogP contribution in [-0.4, -0.2) is 49.6 Å². The summed E-state index contributed by atoms with van der Waals surface area (Å²) in [5.41, 5.74) is 3.50. The molecule has 3 rings (SSSR count). The van der Waals surface area contributed by atoms with Crippen molar-refractivity contribution in [1.29, 1.82) is 0 Å². The zero-order valence-corrected chi connectivity index (χ0v) is 14.7. The second kappa shape index (κ2) is 7.35. The van der Waals surface area contributed by atoms with Gasteiger partial charge in [-0.15, -0.1) is 0 Å². The summed E-state index contributed by atoms with van der Waals surface area (Å²) in [6.07, 6.45) is 2.07. The van der Waals surface area contributed by atoms with Crippen molar-refractivity contribution in [2.45, 2.75) is 20.3 Å². The second-order valence-electron chi connectivity index (χ2n) is 6.17. The molecule has 0 saturated heterocycles. The monoisotopic (exact) mass is 352 g/mol. The molecule has 0 aliphatic rings. The third-order valence-corrected chi connectivity index (χ3v) is 4.20. The SMILES string of the molecule is Cc1cc2ncc(C(=O)N(CCc3ccccc3)CC(=O)O)c(C)n2n1. The summed E-state index contributed by atoms with van der Waals surface area (Å²) in [5, 5.41) is 13.5. The summed E-state index contributed by atoms with van der Waals surface area (Å²) in [6, 6.07) is 11.5. The van der Waals surface area contributed by atoms with Crippen molar-refractivity contribution < 1.29 is 14.7 Å². The van der Waals surface area contributed by atoms with E-state index in [1.54, 1.807) is 11.4 Å². The maximum Gasteiger partial charge on any atom is 0.323 e. The first-order valence-corrected chi connectivity index (χ1v) is 8.32. The number of nitrogens with zero attached hydrogens (tertiary/aromatic N) is 4. The first-order valence-electron chi connectivity index (χ1n) is 8.32. The standard InChI is InChI=1S/C19H20N4O3/c1-13-10-17-20-11-16(14(2)23(17)21-13)19(26)22(12-18(24)25)9-8-15-6-4-3-5-7-15/h3-7,10-11H,8-9,12H2,1-2H3,(H,24,25). The number of carbonyl (C=O) groups excluding carboxylic acids is 1. The number of rotatable bonds is 6. The van der Waals surface area contributed by atoms with Gasteiger partial charge in [-0.2, -0.15) is 5.10 Å². The molecule has 0 saturated carbocycles. The fourth-order valence-corrected chi connectivity index (χ4v) is 2.87. The molecule has 0 fully saturated rings. The van der Waals surface area contributed by atoms with Crippen molar-refractivity contribution >= 4 is 17.5 Å². The predicted molar refractivity (Wildman–Crippen MR) is 96.1 cm³/mol. The molecule has 0 radical (unpaired) electrons. The number of carboxylic acids is 1. The molecule has 3 aromatic rings. The quantitative estimate of drug-likeness (QED) is 0.734. The number of aliphatic carboxylic acids is 1. The zero-order valence-electron chi connectivity index (χ0n) is 14.7. The minimum absolute atomic E-state index is 0.310. The third kappa shape index (κ3) is 3.72. The van der Waals surface area contributed by atoms with Gasteiger partial charge >= 0.3 is 5.97 Å². The van der Waals surface area contributed by atoms with Crippen LogP contribution in [0.1, 0.15) is 27.3 Å². The van der Waals surface area contributed by atoms with Gasteiger partial charge in [0.1, 0.15) is 6.54 Å². The van der Waals surface area contributed by atoms with Gasteiger partial charge in [-0.3, -0.25) is 9.59 Å². The largest absolute Gasteiger partial charge is 0.480 e. The Labute approximate surface area is 150 Å². The number of amides is 1. The summed E-state index contributed by atoms with van der Waals surface area (Å²) in [7, 11) is 0. The smallest absolute Gasteiger partial charge is 0.323 e. The summed E-state index contributed by atoms with van der Waals surface area (Å²) in [6.45, 7) is 3.59. The summed E-state index contributed by atoms with van der Waals surface area (Å²) >= 11 is 0. The first kappa shape index (κ1) is 17.6. The van der Waals surface area contributed by atoms with Gasteiger partial charge in [-0.05, 0) is 25.8 Å². The number of fused-ring (bicyclic) bond motifs is 1. The predicted octanol–water partition coefficient (Wildman–Crippen LogP) is 2.12. The summed E-state index contributed by atoms with van der Waals surface area (Å²) < 4.78 is 1.61. The molecule has 1 amide bonds. The van der Waals surface area contributed by atoms with Crippen LogP contribution in [0.3, 0.4) is 0 Å². The molecular formula is C19H20N4O3. The van der Waals surface area contributed by atoms with Gasteiger partial charge < -0.3 is 10.0 Å². The van der Waals surface area contributed by atoms with Gasteiger partial charge in [0.25, 0.3) is 5.91 Å². The van der Waals surface area contributed by atoms with Gasteiger partial charge in [0, 0.05) is 18.8 Å². The van der Waals surface area contributed by atoms with Crippen LogP contribution in [-0.2, 0) is 11.2 Å². The molecule has 134 valence electrons. The van der Waals surface area contributed by atoms with E-state index in [0.717, 1.165) is 11.3 Å². The fourth-order valence-electron chi connectivity index (χ4n) is 2.87. The van der Waals surface area contributed by atoms with Crippen LogP contribution in [0.4, 0.5) is 0 Å². The Kier molecular flexibility index (Phi) is 4.97. The van der Waals surface area contributed by atoms with Crippen LogP contribution >= 0.6 is 0 Å². The highest BCUT2D eigenvalue weighted by Crippen LogP contribution is 2.14. The molecule has 2 aromatic heterocycles. The molecule has 7 heteroatoms. The lowest BCUT2D eigenvalue weighted by molar-refractivity contribution is -0.137. The van der Waals surface area contributed by atoms with Crippen molar-refractivity contribution in [1.82, 2.24) is 19.5 Å². The highest BCUT2D eigenvalue weighted by atomic mass is 16.4. The van der Waals surface area contributed by atoms with Gasteiger partial charge in [0.15, 0.2) is 5.65 Å².